The molecule has 1 rings (SSSR count). The Morgan fingerprint density at radius 2 is 1.92 bits per heavy atom. The fourth-order valence-corrected chi connectivity index (χ4v) is 1.65. The predicted octanol–water partition coefficient (Wildman–Crippen LogP) is 3.90. The molecule has 0 fully saturated rings. The summed E-state index contributed by atoms with van der Waals surface area (Å²) in [6.45, 7) is 4.58. The summed E-state index contributed by atoms with van der Waals surface area (Å²) < 4.78 is 0. The van der Waals surface area contributed by atoms with Gasteiger partial charge < -0.3 is 0 Å². The van der Waals surface area contributed by atoms with Crippen molar-refractivity contribution in [3.8, 4) is 0 Å². The zero-order chi connectivity index (χ0) is 8.81. The van der Waals surface area contributed by atoms with Gasteiger partial charge in [-0.05, 0) is 18.8 Å². The summed E-state index contributed by atoms with van der Waals surface area (Å²) in [6.07, 6.45) is 14.0. The van der Waals surface area contributed by atoms with Crippen molar-refractivity contribution in [2.24, 2.45) is 5.92 Å². The van der Waals surface area contributed by atoms with Crippen LogP contribution in [0.1, 0.15) is 39.5 Å². The first-order valence-corrected chi connectivity index (χ1v) is 5.07. The molecule has 0 aromatic carbocycles. The molecule has 0 amide bonds. The molecule has 0 aliphatic heterocycles. The lowest BCUT2D eigenvalue weighted by molar-refractivity contribution is 0.457. The Balaban J connectivity index is 2.16. The Morgan fingerprint density at radius 3 is 2.42 bits per heavy atom. The van der Waals surface area contributed by atoms with Crippen molar-refractivity contribution >= 4 is 0 Å². The molecule has 67 valence electrons. The summed E-state index contributed by atoms with van der Waals surface area (Å²) >= 11 is 0. The van der Waals surface area contributed by atoms with Gasteiger partial charge in [-0.15, -0.1) is 0 Å². The van der Waals surface area contributed by atoms with Crippen LogP contribution in [0.15, 0.2) is 23.8 Å². The van der Waals surface area contributed by atoms with Gasteiger partial charge in [-0.25, -0.2) is 0 Å². The average molecular weight is 163 g/mol. The third kappa shape index (κ3) is 2.84. The lowest BCUT2D eigenvalue weighted by Crippen LogP contribution is -1.97. The van der Waals surface area contributed by atoms with Crippen LogP contribution in [0.3, 0.4) is 0 Å². The average Bonchev–Trinajstić information content (AvgIpc) is 2.59. The third-order valence-corrected chi connectivity index (χ3v) is 2.73. The molecule has 0 bridgehead atoms. The molecule has 0 saturated carbocycles. The van der Waals surface area contributed by atoms with Crippen LogP contribution in [0.5, 0.6) is 0 Å². The van der Waals surface area contributed by atoms with Crippen LogP contribution in [0.25, 0.3) is 0 Å². The number of rotatable bonds is 5. The molecule has 1 aliphatic rings. The Kier molecular flexibility index (Phi) is 4.13. The molecule has 0 heterocycles. The van der Waals surface area contributed by atoms with Crippen LogP contribution < -0.4 is 0 Å². The van der Waals surface area contributed by atoms with Crippen molar-refractivity contribution < 1.29 is 0 Å². The molecule has 0 aromatic rings. The molecule has 1 radical (unpaired) electrons. The van der Waals surface area contributed by atoms with E-state index in [9.17, 15) is 0 Å². The minimum atomic E-state index is 0.930. The molecular formula is C12H19. The fraction of sp³-hybridized carbons (Fsp3) is 0.583. The summed E-state index contributed by atoms with van der Waals surface area (Å²) in [4.78, 5) is 0. The molecule has 0 spiro atoms. The summed E-state index contributed by atoms with van der Waals surface area (Å²) in [5.41, 5.74) is 1.50. The van der Waals surface area contributed by atoms with E-state index >= 15 is 0 Å². The normalized spacial score (nSPS) is 15.8. The summed E-state index contributed by atoms with van der Waals surface area (Å²) in [7, 11) is 0. The first kappa shape index (κ1) is 9.57. The van der Waals surface area contributed by atoms with Crippen LogP contribution in [-0.4, -0.2) is 0 Å². The van der Waals surface area contributed by atoms with Gasteiger partial charge in [0.2, 0.25) is 0 Å². The van der Waals surface area contributed by atoms with Crippen LogP contribution in [-0.2, 0) is 0 Å². The largest absolute Gasteiger partial charge is 0.0764 e. The summed E-state index contributed by atoms with van der Waals surface area (Å²) in [5.74, 6) is 0.930. The number of hydrogen-bond donors (Lipinski definition) is 0. The van der Waals surface area contributed by atoms with E-state index in [-0.39, 0.29) is 0 Å². The smallest absolute Gasteiger partial charge is 0.00834 e. The van der Waals surface area contributed by atoms with Crippen molar-refractivity contribution in [1.29, 1.82) is 0 Å². The Morgan fingerprint density at radius 1 is 1.17 bits per heavy atom. The molecule has 0 saturated heterocycles. The molecule has 0 N–H and O–H groups in total. The van der Waals surface area contributed by atoms with Crippen LogP contribution in [0, 0.1) is 12.3 Å². The van der Waals surface area contributed by atoms with E-state index < -0.39 is 0 Å². The maximum atomic E-state index is 2.29. The first-order chi connectivity index (χ1) is 5.86. The van der Waals surface area contributed by atoms with Gasteiger partial charge in [0.1, 0.15) is 0 Å². The summed E-state index contributed by atoms with van der Waals surface area (Å²) in [6, 6.07) is 0. The molecule has 0 heteroatoms. The van der Waals surface area contributed by atoms with Crippen LogP contribution >= 0.6 is 0 Å². The molecular weight excluding hydrogens is 144 g/mol. The SMILES string of the molecule is CCC(CC)CCC1=CC=C[CH]1. The number of allylic oxidation sites excluding steroid dienone is 4. The quantitative estimate of drug-likeness (QED) is 0.576. The molecule has 0 atom stereocenters. The maximum absolute atomic E-state index is 2.29. The van der Waals surface area contributed by atoms with E-state index in [0.717, 1.165) is 5.92 Å². The molecule has 1 aliphatic carbocycles. The van der Waals surface area contributed by atoms with Gasteiger partial charge in [0.05, 0.1) is 0 Å². The second kappa shape index (κ2) is 5.18. The van der Waals surface area contributed by atoms with E-state index in [1.54, 1.807) is 0 Å². The lowest BCUT2D eigenvalue weighted by Gasteiger charge is -2.11. The minimum absolute atomic E-state index is 0.930. The summed E-state index contributed by atoms with van der Waals surface area (Å²) in [5, 5.41) is 0. The van der Waals surface area contributed by atoms with Gasteiger partial charge in [-0.1, -0.05) is 50.5 Å². The van der Waals surface area contributed by atoms with E-state index in [1.807, 2.05) is 0 Å². The second-order valence-corrected chi connectivity index (χ2v) is 3.51. The maximum Gasteiger partial charge on any atom is 0.00834 e. The molecule has 0 nitrogen and oxygen atoms in total. The highest BCUT2D eigenvalue weighted by atomic mass is 14.1. The van der Waals surface area contributed by atoms with Gasteiger partial charge in [-0.2, -0.15) is 0 Å². The lowest BCUT2D eigenvalue weighted by atomic mass is 9.95. The zero-order valence-corrected chi connectivity index (χ0v) is 8.22. The van der Waals surface area contributed by atoms with E-state index in [0.29, 0.717) is 0 Å². The Bertz CT molecular complexity index is 170. The molecule has 12 heavy (non-hydrogen) atoms. The van der Waals surface area contributed by atoms with E-state index in [4.69, 9.17) is 0 Å². The zero-order valence-electron chi connectivity index (χ0n) is 8.22. The molecule has 0 aromatic heterocycles. The predicted molar refractivity (Wildman–Crippen MR) is 54.8 cm³/mol. The van der Waals surface area contributed by atoms with Crippen molar-refractivity contribution in [3.05, 3.63) is 30.2 Å². The van der Waals surface area contributed by atoms with Crippen molar-refractivity contribution in [1.82, 2.24) is 0 Å². The second-order valence-electron chi connectivity index (χ2n) is 3.51. The van der Waals surface area contributed by atoms with Crippen molar-refractivity contribution in [3.63, 3.8) is 0 Å². The highest BCUT2D eigenvalue weighted by Gasteiger charge is 2.05. The standard InChI is InChI=1S/C12H19/c1-3-11(4-2)9-10-12-7-5-6-8-12/h5-8,11H,3-4,9-10H2,1-2H3. The first-order valence-electron chi connectivity index (χ1n) is 5.07. The highest BCUT2D eigenvalue weighted by Crippen LogP contribution is 2.21. The van der Waals surface area contributed by atoms with Crippen molar-refractivity contribution in [2.45, 2.75) is 39.5 Å². The van der Waals surface area contributed by atoms with Gasteiger partial charge in [0.25, 0.3) is 0 Å². The minimum Gasteiger partial charge on any atom is -0.0764 e. The van der Waals surface area contributed by atoms with E-state index in [1.165, 1.54) is 31.3 Å². The Hall–Kier alpha value is -0.520. The Labute approximate surface area is 76.4 Å². The van der Waals surface area contributed by atoms with Gasteiger partial charge in [0.15, 0.2) is 0 Å². The monoisotopic (exact) mass is 163 g/mol. The van der Waals surface area contributed by atoms with Gasteiger partial charge in [0, 0.05) is 6.42 Å². The fourth-order valence-electron chi connectivity index (χ4n) is 1.65. The third-order valence-electron chi connectivity index (χ3n) is 2.73. The molecule has 0 unspecified atom stereocenters. The van der Waals surface area contributed by atoms with Gasteiger partial charge >= 0.3 is 0 Å². The number of hydrogen-bond acceptors (Lipinski definition) is 0. The van der Waals surface area contributed by atoms with Crippen LogP contribution in [0.2, 0.25) is 0 Å². The van der Waals surface area contributed by atoms with Crippen LogP contribution in [0.4, 0.5) is 0 Å². The van der Waals surface area contributed by atoms with Gasteiger partial charge in [-0.3, -0.25) is 0 Å². The van der Waals surface area contributed by atoms with Crippen molar-refractivity contribution in [2.75, 3.05) is 0 Å². The topological polar surface area (TPSA) is 0 Å². The highest BCUT2D eigenvalue weighted by molar-refractivity contribution is 5.33. The van der Waals surface area contributed by atoms with E-state index in [2.05, 4.69) is 38.5 Å².